The van der Waals surface area contributed by atoms with E-state index in [1.807, 2.05) is 73.1 Å². The van der Waals surface area contributed by atoms with Gasteiger partial charge < -0.3 is 23.5 Å². The van der Waals surface area contributed by atoms with Crippen LogP contribution >= 0.6 is 0 Å². The molecule has 316 valence electrons. The molecule has 8 nitrogen and oxygen atoms in total. The van der Waals surface area contributed by atoms with Crippen molar-refractivity contribution in [3.63, 3.8) is 0 Å². The molecule has 12 aromatic rings. The Kier molecular flexibility index (Phi) is 7.34. The van der Waals surface area contributed by atoms with Crippen LogP contribution in [0, 0.1) is 11.3 Å². The molecule has 0 atom stereocenters. The number of hydrogen-bond donors (Lipinski definition) is 0. The zero-order valence-electron chi connectivity index (χ0n) is 36.1. The van der Waals surface area contributed by atoms with E-state index >= 15 is 0 Å². The van der Waals surface area contributed by atoms with Gasteiger partial charge in [0.15, 0.2) is 11.5 Å². The number of fused-ring (bicyclic) bond motifs is 17. The maximum atomic E-state index is 10.2. The van der Waals surface area contributed by atoms with E-state index in [4.69, 9.17) is 19.4 Å². The maximum Gasteiger partial charge on any atom is 0.151 e. The molecule has 15 rings (SSSR count). The van der Waals surface area contributed by atoms with E-state index in [0.29, 0.717) is 5.56 Å². The molecule has 0 amide bonds. The molecule has 4 aromatic heterocycles. The van der Waals surface area contributed by atoms with Gasteiger partial charge in [-0.1, -0.05) is 84.9 Å². The quantitative estimate of drug-likeness (QED) is 0.176. The molecule has 2 aliphatic heterocycles. The highest BCUT2D eigenvalue weighted by Crippen LogP contribution is 2.62. The highest BCUT2D eigenvalue weighted by atomic mass is 16.5. The molecule has 0 saturated carbocycles. The monoisotopic (exact) mass is 870 g/mol. The molecule has 0 radical (unpaired) electrons. The maximum absolute atomic E-state index is 10.2. The largest absolute Gasteiger partial charge is 0.457 e. The van der Waals surface area contributed by atoms with Crippen molar-refractivity contribution in [1.29, 1.82) is 5.26 Å². The summed E-state index contributed by atoms with van der Waals surface area (Å²) in [5, 5.41) is 14.6. The molecule has 6 heterocycles. The van der Waals surface area contributed by atoms with Crippen LogP contribution in [0.15, 0.2) is 207 Å². The van der Waals surface area contributed by atoms with E-state index in [2.05, 4.69) is 154 Å². The summed E-state index contributed by atoms with van der Waals surface area (Å²) in [7, 11) is 0. The predicted octanol–water partition coefficient (Wildman–Crippen LogP) is 14.6. The van der Waals surface area contributed by atoms with Crippen molar-refractivity contribution >= 4 is 60.7 Å². The fraction of sp³-hybridized carbons (Fsp3) is 0.0167. The van der Waals surface area contributed by atoms with Gasteiger partial charge in [-0.3, -0.25) is 9.97 Å². The lowest BCUT2D eigenvalue weighted by Gasteiger charge is -2.39. The van der Waals surface area contributed by atoms with Gasteiger partial charge in [0.25, 0.3) is 0 Å². The Bertz CT molecular complexity index is 4070. The van der Waals surface area contributed by atoms with Gasteiger partial charge >= 0.3 is 0 Å². The third-order valence-electron chi connectivity index (χ3n) is 14.3. The van der Waals surface area contributed by atoms with Crippen molar-refractivity contribution in [3.8, 4) is 51.8 Å². The molecular formula is C60H34N6O2. The molecule has 8 aromatic carbocycles. The Morgan fingerprint density at radius 1 is 0.397 bits per heavy atom. The smallest absolute Gasteiger partial charge is 0.151 e. The van der Waals surface area contributed by atoms with E-state index < -0.39 is 5.41 Å². The number of pyridine rings is 2. The van der Waals surface area contributed by atoms with Crippen LogP contribution in [0.2, 0.25) is 0 Å². The van der Waals surface area contributed by atoms with Crippen LogP contribution in [-0.4, -0.2) is 19.1 Å². The zero-order valence-corrected chi connectivity index (χ0v) is 36.1. The topological polar surface area (TPSA) is 81.1 Å². The van der Waals surface area contributed by atoms with Crippen molar-refractivity contribution in [1.82, 2.24) is 19.1 Å². The van der Waals surface area contributed by atoms with Crippen LogP contribution in [0.4, 0.5) is 17.1 Å². The van der Waals surface area contributed by atoms with Crippen LogP contribution in [-0.2, 0) is 5.41 Å². The molecule has 0 N–H and O–H groups in total. The van der Waals surface area contributed by atoms with Gasteiger partial charge in [-0.2, -0.15) is 5.26 Å². The fourth-order valence-electron chi connectivity index (χ4n) is 11.6. The summed E-state index contributed by atoms with van der Waals surface area (Å²) < 4.78 is 18.3. The molecule has 3 aliphatic rings. The van der Waals surface area contributed by atoms with Crippen molar-refractivity contribution < 1.29 is 9.47 Å². The first-order valence-electron chi connectivity index (χ1n) is 22.7. The standard InChI is InChI=1S/C60H34N6O2/c61-35-36-21-27-50-42(31-36)43-32-37(66-52-17-5-7-19-54(52)67-55-20-8-6-18-53(55)66)24-28-51(43)65(50)39-23-26-45-57(34-39)68-56-33-38(64-48-15-3-1-11-40(48)41-12-2-4-16-49(41)64)22-25-44(56)60(45)46-13-9-29-62-58(46)59-47(60)14-10-30-63-59/h1-34H. The second-order valence-electron chi connectivity index (χ2n) is 17.6. The molecule has 0 bridgehead atoms. The third-order valence-corrected chi connectivity index (χ3v) is 14.3. The SMILES string of the molecule is N#Cc1ccc2c(c1)c1cc(N3c4ccccc4Oc4ccccc43)ccc1n2-c1ccc2c(c1)Oc1cc(-n3c4ccccc4c4ccccc43)ccc1C21c2cccnc2-c2ncccc21. The molecule has 1 aliphatic carbocycles. The van der Waals surface area contributed by atoms with Crippen LogP contribution in [0.5, 0.6) is 23.0 Å². The molecule has 0 saturated heterocycles. The number of ether oxygens (including phenoxy) is 2. The van der Waals surface area contributed by atoms with E-state index in [9.17, 15) is 5.26 Å². The van der Waals surface area contributed by atoms with Crippen molar-refractivity contribution in [2.45, 2.75) is 5.41 Å². The molecule has 0 unspecified atom stereocenters. The summed E-state index contributed by atoms with van der Waals surface area (Å²) in [5.74, 6) is 3.07. The van der Waals surface area contributed by atoms with Crippen LogP contribution in [0.3, 0.4) is 0 Å². The summed E-state index contributed by atoms with van der Waals surface area (Å²) in [6.45, 7) is 0. The first-order chi connectivity index (χ1) is 33.7. The number of nitriles is 1. The van der Waals surface area contributed by atoms with Gasteiger partial charge in [0.1, 0.15) is 11.5 Å². The Balaban J connectivity index is 0.964. The van der Waals surface area contributed by atoms with Crippen molar-refractivity contribution in [2.75, 3.05) is 4.90 Å². The second-order valence-corrected chi connectivity index (χ2v) is 17.6. The first kappa shape index (κ1) is 36.8. The number of hydrogen-bond acceptors (Lipinski definition) is 6. The van der Waals surface area contributed by atoms with Crippen LogP contribution < -0.4 is 14.4 Å². The van der Waals surface area contributed by atoms with Gasteiger partial charge in [-0.25, -0.2) is 0 Å². The summed E-state index contributed by atoms with van der Waals surface area (Å²) >= 11 is 0. The summed E-state index contributed by atoms with van der Waals surface area (Å²) in [4.78, 5) is 12.2. The predicted molar refractivity (Wildman–Crippen MR) is 268 cm³/mol. The van der Waals surface area contributed by atoms with Crippen molar-refractivity contribution in [2.24, 2.45) is 0 Å². The molecule has 0 fully saturated rings. The van der Waals surface area contributed by atoms with Crippen molar-refractivity contribution in [3.05, 3.63) is 234 Å². The van der Waals surface area contributed by atoms with E-state index in [1.165, 1.54) is 10.8 Å². The number of benzene rings is 8. The van der Waals surface area contributed by atoms with Gasteiger partial charge in [0, 0.05) is 74.3 Å². The van der Waals surface area contributed by atoms with Crippen LogP contribution in [0.1, 0.15) is 27.8 Å². The molecule has 68 heavy (non-hydrogen) atoms. The molecular weight excluding hydrogens is 837 g/mol. The Morgan fingerprint density at radius 2 is 0.882 bits per heavy atom. The van der Waals surface area contributed by atoms with Gasteiger partial charge in [-0.15, -0.1) is 0 Å². The minimum absolute atomic E-state index is 0.594. The summed E-state index contributed by atoms with van der Waals surface area (Å²) in [6.07, 6.45) is 3.71. The molecule has 1 spiro atoms. The lowest BCUT2D eigenvalue weighted by molar-refractivity contribution is 0.436. The Morgan fingerprint density at radius 3 is 1.47 bits per heavy atom. The average Bonchev–Trinajstić information content (AvgIpc) is 4.01. The number of anilines is 3. The van der Waals surface area contributed by atoms with E-state index in [-0.39, 0.29) is 0 Å². The zero-order chi connectivity index (χ0) is 44.7. The first-order valence-corrected chi connectivity index (χ1v) is 22.7. The average molecular weight is 871 g/mol. The Labute approximate surface area is 389 Å². The fourth-order valence-corrected chi connectivity index (χ4v) is 11.6. The molecule has 8 heteroatoms. The lowest BCUT2D eigenvalue weighted by Crippen LogP contribution is -2.32. The normalized spacial score (nSPS) is 13.6. The summed E-state index contributed by atoms with van der Waals surface area (Å²) in [5.41, 5.74) is 14.8. The number of rotatable bonds is 3. The van der Waals surface area contributed by atoms with E-state index in [0.717, 1.165) is 118 Å². The lowest BCUT2D eigenvalue weighted by atomic mass is 9.66. The number of aromatic nitrogens is 4. The van der Waals surface area contributed by atoms with E-state index in [1.54, 1.807) is 0 Å². The summed E-state index contributed by atoms with van der Waals surface area (Å²) in [6, 6.07) is 70.1. The minimum Gasteiger partial charge on any atom is -0.457 e. The number of para-hydroxylation sites is 6. The van der Waals surface area contributed by atoms with Crippen LogP contribution in [0.25, 0.3) is 66.4 Å². The Hall–Kier alpha value is -9.45. The second kappa shape index (κ2) is 13.5. The van der Waals surface area contributed by atoms with Gasteiger partial charge in [0.05, 0.1) is 61.9 Å². The number of nitrogens with zero attached hydrogens (tertiary/aromatic N) is 6. The highest BCUT2D eigenvalue weighted by Gasteiger charge is 2.52. The van der Waals surface area contributed by atoms with Gasteiger partial charge in [-0.05, 0) is 108 Å². The highest BCUT2D eigenvalue weighted by molar-refractivity contribution is 6.12. The third kappa shape index (κ3) is 4.81. The van der Waals surface area contributed by atoms with Gasteiger partial charge in [0.2, 0.25) is 0 Å². The minimum atomic E-state index is -0.768.